The van der Waals surface area contributed by atoms with E-state index in [2.05, 4.69) is 9.72 Å². The molecule has 110 valence electrons. The fourth-order valence-electron chi connectivity index (χ4n) is 1.13. The number of carbonyl (C=O) groups excluding carboxylic acids is 1. The first-order valence-electron chi connectivity index (χ1n) is 5.28. The molecule has 20 heavy (non-hydrogen) atoms. The zero-order chi connectivity index (χ0) is 15.4. The smallest absolute Gasteiger partial charge is 0.405 e. The van der Waals surface area contributed by atoms with Crippen LogP contribution in [0.15, 0.2) is 30.6 Å². The number of ether oxygens (including phenoxy) is 1. The number of pyridine rings is 1. The molecule has 0 spiro atoms. The van der Waals surface area contributed by atoms with Gasteiger partial charge in [0.05, 0.1) is 0 Å². The molecular weight excluding hydrogens is 296 g/mol. The predicted octanol–water partition coefficient (Wildman–Crippen LogP) is 1.51. The van der Waals surface area contributed by atoms with Crippen LogP contribution < -0.4 is 0 Å². The fourth-order valence-corrected chi connectivity index (χ4v) is 1.60. The maximum atomic E-state index is 13.1. The Kier molecular flexibility index (Phi) is 4.90. The number of aromatic nitrogens is 1. The lowest BCUT2D eigenvalue weighted by molar-refractivity contribution is -0.153. The molecule has 0 radical (unpaired) electrons. The average Bonchev–Trinajstić information content (AvgIpc) is 2.36. The van der Waals surface area contributed by atoms with Gasteiger partial charge >= 0.3 is 21.3 Å². The van der Waals surface area contributed by atoms with E-state index in [1.54, 1.807) is 12.1 Å². The molecule has 0 saturated carbocycles. The Hall–Kier alpha value is -1.87. The molecule has 6 nitrogen and oxygen atoms in total. The van der Waals surface area contributed by atoms with Gasteiger partial charge in [-0.2, -0.15) is 17.2 Å². The molecule has 9 heteroatoms. The highest BCUT2D eigenvalue weighted by Gasteiger charge is 2.51. The Morgan fingerprint density at radius 2 is 2.20 bits per heavy atom. The van der Waals surface area contributed by atoms with Gasteiger partial charge in [0.15, 0.2) is 6.10 Å². The summed E-state index contributed by atoms with van der Waals surface area (Å²) in [4.78, 5) is 15.0. The van der Waals surface area contributed by atoms with Crippen molar-refractivity contribution in [2.24, 2.45) is 0 Å². The van der Waals surface area contributed by atoms with E-state index in [0.29, 0.717) is 12.5 Å². The first kappa shape index (κ1) is 16.2. The molecule has 1 aromatic heterocycles. The molecule has 0 saturated heterocycles. The summed E-state index contributed by atoms with van der Waals surface area (Å²) in [5, 5.41) is -4.58. The second kappa shape index (κ2) is 6.06. The van der Waals surface area contributed by atoms with Crippen LogP contribution in [0.2, 0.25) is 0 Å². The van der Waals surface area contributed by atoms with Gasteiger partial charge < -0.3 is 4.74 Å². The van der Waals surface area contributed by atoms with Crippen molar-refractivity contribution < 1.29 is 31.3 Å². The van der Waals surface area contributed by atoms with Crippen molar-refractivity contribution in [2.45, 2.75) is 18.3 Å². The minimum absolute atomic E-state index is 0.527. The van der Waals surface area contributed by atoms with Crippen molar-refractivity contribution in [3.63, 3.8) is 0 Å². The monoisotopic (exact) mass is 307 g/mol. The molecule has 0 aliphatic rings. The Bertz CT molecular complexity index is 600. The lowest BCUT2D eigenvalue weighted by atomic mass is 10.2. The molecule has 0 amide bonds. The highest BCUT2D eigenvalue weighted by Crippen LogP contribution is 2.27. The first-order chi connectivity index (χ1) is 9.14. The summed E-state index contributed by atoms with van der Waals surface area (Å²) in [6.45, 7) is 0.656. The summed E-state index contributed by atoms with van der Waals surface area (Å²) in [5.41, 5.74) is 0.527. The van der Waals surface area contributed by atoms with Gasteiger partial charge in [0.2, 0.25) is 0 Å². The van der Waals surface area contributed by atoms with E-state index in [1.165, 1.54) is 18.5 Å². The Balaban J connectivity index is 2.70. The topological polar surface area (TPSA) is 93.6 Å². The summed E-state index contributed by atoms with van der Waals surface area (Å²) < 4.78 is 59.7. The van der Waals surface area contributed by atoms with Crippen LogP contribution in [0.3, 0.4) is 0 Å². The second-order valence-corrected chi connectivity index (χ2v) is 5.23. The number of hydrogen-bond acceptors (Lipinski definition) is 5. The third kappa shape index (κ3) is 4.07. The van der Waals surface area contributed by atoms with Crippen LogP contribution in [0.4, 0.5) is 8.78 Å². The van der Waals surface area contributed by atoms with Crippen molar-refractivity contribution in [2.75, 3.05) is 0 Å². The molecule has 1 N–H and O–H groups in total. The summed E-state index contributed by atoms with van der Waals surface area (Å²) in [5.74, 6) is -1.18. The third-order valence-corrected chi connectivity index (χ3v) is 3.23. The van der Waals surface area contributed by atoms with Crippen molar-refractivity contribution in [3.05, 3.63) is 36.2 Å². The lowest BCUT2D eigenvalue weighted by Gasteiger charge is -2.19. The maximum Gasteiger partial charge on any atom is 0.405 e. The predicted molar refractivity (Wildman–Crippen MR) is 65.3 cm³/mol. The quantitative estimate of drug-likeness (QED) is 0.503. The van der Waals surface area contributed by atoms with E-state index in [1.807, 2.05) is 0 Å². The summed E-state index contributed by atoms with van der Waals surface area (Å²) >= 11 is 0. The van der Waals surface area contributed by atoms with Crippen LogP contribution in [-0.4, -0.2) is 35.3 Å². The molecule has 0 bridgehead atoms. The molecule has 1 atom stereocenters. The maximum absolute atomic E-state index is 13.1. The van der Waals surface area contributed by atoms with E-state index in [0.717, 1.165) is 6.08 Å². The Morgan fingerprint density at radius 1 is 1.55 bits per heavy atom. The van der Waals surface area contributed by atoms with Crippen molar-refractivity contribution in [3.8, 4) is 0 Å². The molecule has 1 unspecified atom stereocenters. The van der Waals surface area contributed by atoms with Crippen LogP contribution in [0.1, 0.15) is 12.5 Å². The lowest BCUT2D eigenvalue weighted by Crippen LogP contribution is -2.41. The number of halogens is 2. The van der Waals surface area contributed by atoms with Gasteiger partial charge in [0, 0.05) is 18.5 Å². The van der Waals surface area contributed by atoms with Crippen molar-refractivity contribution in [1.29, 1.82) is 0 Å². The number of esters is 1. The Morgan fingerprint density at radius 3 is 2.70 bits per heavy atom. The summed E-state index contributed by atoms with van der Waals surface area (Å²) in [6.07, 6.45) is 2.69. The molecule has 0 aliphatic heterocycles. The number of rotatable bonds is 5. The van der Waals surface area contributed by atoms with Crippen LogP contribution in [-0.2, 0) is 19.6 Å². The number of carbonyl (C=O) groups is 1. The first-order valence-corrected chi connectivity index (χ1v) is 6.72. The van der Waals surface area contributed by atoms with Crippen LogP contribution in [0.25, 0.3) is 6.08 Å². The third-order valence-electron chi connectivity index (χ3n) is 2.21. The fraction of sp³-hybridized carbons (Fsp3) is 0.273. The van der Waals surface area contributed by atoms with Gasteiger partial charge in [0.25, 0.3) is 0 Å². The largest absolute Gasteiger partial charge is 0.452 e. The molecule has 0 aromatic carbocycles. The van der Waals surface area contributed by atoms with Gasteiger partial charge in [-0.3, -0.25) is 9.54 Å². The molecule has 1 rings (SSSR count). The minimum atomic E-state index is -5.66. The molecule has 1 heterocycles. The molecular formula is C11H11F2NO5S. The van der Waals surface area contributed by atoms with Gasteiger partial charge in [-0.15, -0.1) is 0 Å². The molecule has 0 fully saturated rings. The van der Waals surface area contributed by atoms with Gasteiger partial charge in [-0.25, -0.2) is 4.79 Å². The van der Waals surface area contributed by atoms with Crippen LogP contribution in [0, 0.1) is 0 Å². The summed E-state index contributed by atoms with van der Waals surface area (Å²) in [7, 11) is -5.66. The Labute approximate surface area is 113 Å². The number of alkyl halides is 2. The van der Waals surface area contributed by atoms with Gasteiger partial charge in [0.1, 0.15) is 0 Å². The standard InChI is InChI=1S/C11H11F2NO5S/c1-8(11(12,13)20(16,17)18)19-10(15)5-4-9-3-2-6-14-7-9/h2-8H,1H3,(H,16,17,18)/b5-4+. The zero-order valence-corrected chi connectivity index (χ0v) is 11.0. The van der Waals surface area contributed by atoms with Gasteiger partial charge in [-0.1, -0.05) is 6.07 Å². The van der Waals surface area contributed by atoms with Crippen LogP contribution >= 0.6 is 0 Å². The van der Waals surface area contributed by atoms with Crippen molar-refractivity contribution >= 4 is 22.2 Å². The molecule has 0 aliphatic carbocycles. The highest BCUT2D eigenvalue weighted by molar-refractivity contribution is 7.86. The van der Waals surface area contributed by atoms with Crippen LogP contribution in [0.5, 0.6) is 0 Å². The molecule has 1 aromatic rings. The van der Waals surface area contributed by atoms with E-state index in [4.69, 9.17) is 4.55 Å². The van der Waals surface area contributed by atoms with Crippen molar-refractivity contribution in [1.82, 2.24) is 4.98 Å². The minimum Gasteiger partial charge on any atom is -0.452 e. The van der Waals surface area contributed by atoms with Gasteiger partial charge in [-0.05, 0) is 24.6 Å². The number of hydrogen-bond donors (Lipinski definition) is 1. The number of nitrogens with zero attached hydrogens (tertiary/aromatic N) is 1. The normalized spacial score (nSPS) is 14.2. The van der Waals surface area contributed by atoms with E-state index in [-0.39, 0.29) is 0 Å². The highest BCUT2D eigenvalue weighted by atomic mass is 32.2. The van der Waals surface area contributed by atoms with E-state index < -0.39 is 27.4 Å². The SMILES string of the molecule is CC(OC(=O)/C=C/c1cccnc1)C(F)(F)S(=O)(=O)O. The van der Waals surface area contributed by atoms with E-state index in [9.17, 15) is 22.0 Å². The zero-order valence-electron chi connectivity index (χ0n) is 10.2. The average molecular weight is 307 g/mol. The summed E-state index contributed by atoms with van der Waals surface area (Å²) in [6, 6.07) is 3.20. The second-order valence-electron chi connectivity index (χ2n) is 3.74. The van der Waals surface area contributed by atoms with E-state index >= 15 is 0 Å².